The van der Waals surface area contributed by atoms with Crippen LogP contribution in [0.25, 0.3) is 11.3 Å². The summed E-state index contributed by atoms with van der Waals surface area (Å²) < 4.78 is 0.317. The molecule has 0 aliphatic carbocycles. The van der Waals surface area contributed by atoms with Crippen molar-refractivity contribution in [3.05, 3.63) is 39.8 Å². The van der Waals surface area contributed by atoms with E-state index in [4.69, 9.17) is 17.3 Å². The summed E-state index contributed by atoms with van der Waals surface area (Å²) >= 11 is 4.93. The zero-order valence-electron chi connectivity index (χ0n) is 9.50. The molecule has 0 spiro atoms. The van der Waals surface area contributed by atoms with Crippen molar-refractivity contribution in [2.45, 2.75) is 13.8 Å². The third-order valence-electron chi connectivity index (χ3n) is 2.59. The Balaban J connectivity index is 2.68. The highest BCUT2D eigenvalue weighted by Crippen LogP contribution is 2.25. The van der Waals surface area contributed by atoms with Crippen LogP contribution in [-0.2, 0) is 0 Å². The molecule has 0 bridgehead atoms. The van der Waals surface area contributed by atoms with Crippen LogP contribution in [0.4, 0.5) is 0 Å². The van der Waals surface area contributed by atoms with Gasteiger partial charge in [0.2, 0.25) is 0 Å². The lowest BCUT2D eigenvalue weighted by Gasteiger charge is -2.05. The van der Waals surface area contributed by atoms with Crippen molar-refractivity contribution in [1.29, 1.82) is 0 Å². The first kappa shape index (κ1) is 11.6. The van der Waals surface area contributed by atoms with E-state index < -0.39 is 5.97 Å². The van der Waals surface area contributed by atoms with Crippen molar-refractivity contribution in [1.82, 2.24) is 9.97 Å². The summed E-state index contributed by atoms with van der Waals surface area (Å²) in [4.78, 5) is 16.6. The lowest BCUT2D eigenvalue weighted by atomic mass is 10.0. The minimum Gasteiger partial charge on any atom is -0.477 e. The number of carboxylic acid groups (broad SMARTS) is 1. The number of aromatic carboxylic acids is 1. The number of hydrogen-bond acceptors (Lipinski definition) is 2. The summed E-state index contributed by atoms with van der Waals surface area (Å²) in [6.45, 7) is 3.94. The number of nitrogens with one attached hydrogen (secondary N) is 2. The molecule has 0 saturated heterocycles. The fourth-order valence-electron chi connectivity index (χ4n) is 1.84. The molecule has 1 aromatic heterocycles. The van der Waals surface area contributed by atoms with Gasteiger partial charge in [0, 0.05) is 5.56 Å². The summed E-state index contributed by atoms with van der Waals surface area (Å²) in [6, 6.07) is 5.84. The number of benzene rings is 1. The summed E-state index contributed by atoms with van der Waals surface area (Å²) in [5.41, 5.74) is 3.62. The zero-order chi connectivity index (χ0) is 12.6. The summed E-state index contributed by atoms with van der Waals surface area (Å²) in [7, 11) is 0. The fourth-order valence-corrected chi connectivity index (χ4v) is 2.04. The molecule has 0 aliphatic heterocycles. The van der Waals surface area contributed by atoms with Gasteiger partial charge in [-0.2, -0.15) is 0 Å². The van der Waals surface area contributed by atoms with Crippen molar-refractivity contribution in [3.8, 4) is 11.3 Å². The Morgan fingerprint density at radius 1 is 1.29 bits per heavy atom. The number of aromatic amines is 2. The topological polar surface area (TPSA) is 68.9 Å². The quantitative estimate of drug-likeness (QED) is 0.715. The van der Waals surface area contributed by atoms with E-state index in [9.17, 15) is 4.79 Å². The maximum atomic E-state index is 11.1. The predicted molar refractivity (Wildman–Crippen MR) is 67.8 cm³/mol. The number of H-pyrrole nitrogens is 2. The van der Waals surface area contributed by atoms with Crippen LogP contribution in [0.15, 0.2) is 18.2 Å². The minimum atomic E-state index is -1.02. The molecule has 2 rings (SSSR count). The van der Waals surface area contributed by atoms with Gasteiger partial charge in [-0.1, -0.05) is 23.8 Å². The average Bonchev–Trinajstić information content (AvgIpc) is 2.60. The molecule has 5 heteroatoms. The van der Waals surface area contributed by atoms with Crippen LogP contribution in [0.2, 0.25) is 0 Å². The largest absolute Gasteiger partial charge is 0.477 e. The number of carboxylic acids is 1. The SMILES string of the molecule is Cc1ccc(-c2[nH]c(=S)[nH]c2C(=O)O)c(C)c1. The second kappa shape index (κ2) is 4.18. The van der Waals surface area contributed by atoms with E-state index in [0.29, 0.717) is 10.5 Å². The van der Waals surface area contributed by atoms with E-state index in [0.717, 1.165) is 16.7 Å². The van der Waals surface area contributed by atoms with Gasteiger partial charge in [0.1, 0.15) is 0 Å². The first-order valence-corrected chi connectivity index (χ1v) is 5.53. The van der Waals surface area contributed by atoms with Gasteiger partial charge in [0.05, 0.1) is 5.69 Å². The van der Waals surface area contributed by atoms with Gasteiger partial charge in [-0.25, -0.2) is 4.79 Å². The molecule has 0 radical (unpaired) electrons. The van der Waals surface area contributed by atoms with Crippen LogP contribution < -0.4 is 0 Å². The van der Waals surface area contributed by atoms with E-state index in [1.807, 2.05) is 32.0 Å². The summed E-state index contributed by atoms with van der Waals surface area (Å²) in [5, 5.41) is 9.09. The summed E-state index contributed by atoms with van der Waals surface area (Å²) in [5.74, 6) is -1.02. The van der Waals surface area contributed by atoms with Crippen LogP contribution in [0.5, 0.6) is 0 Å². The molecule has 0 aliphatic rings. The Kier molecular flexibility index (Phi) is 2.85. The molecule has 0 fully saturated rings. The van der Waals surface area contributed by atoms with Gasteiger partial charge >= 0.3 is 5.97 Å². The number of aromatic nitrogens is 2. The second-order valence-electron chi connectivity index (χ2n) is 3.95. The Bertz CT molecular complexity index is 640. The second-order valence-corrected chi connectivity index (χ2v) is 4.36. The molecule has 88 valence electrons. The predicted octanol–water partition coefficient (Wildman–Crippen LogP) is 3.05. The van der Waals surface area contributed by atoms with Gasteiger partial charge in [0.25, 0.3) is 0 Å². The first-order valence-electron chi connectivity index (χ1n) is 5.12. The molecular formula is C12H12N2O2S. The molecule has 3 N–H and O–H groups in total. The van der Waals surface area contributed by atoms with Crippen molar-refractivity contribution in [3.63, 3.8) is 0 Å². The Morgan fingerprint density at radius 2 is 2.00 bits per heavy atom. The van der Waals surface area contributed by atoms with Crippen LogP contribution in [0, 0.1) is 18.6 Å². The van der Waals surface area contributed by atoms with Gasteiger partial charge in [-0.15, -0.1) is 0 Å². The Labute approximate surface area is 103 Å². The number of aryl methyl sites for hydroxylation is 2. The third-order valence-corrected chi connectivity index (χ3v) is 2.80. The van der Waals surface area contributed by atoms with E-state index in [1.165, 1.54) is 0 Å². The smallest absolute Gasteiger partial charge is 0.354 e. The molecule has 2 aromatic rings. The van der Waals surface area contributed by atoms with Crippen molar-refractivity contribution in [2.75, 3.05) is 0 Å². The molecule has 0 amide bonds. The maximum Gasteiger partial charge on any atom is 0.354 e. The van der Waals surface area contributed by atoms with Crippen molar-refractivity contribution >= 4 is 18.2 Å². The average molecular weight is 248 g/mol. The van der Waals surface area contributed by atoms with Gasteiger partial charge in [0.15, 0.2) is 10.5 Å². The van der Waals surface area contributed by atoms with E-state index in [1.54, 1.807) is 0 Å². The molecule has 4 nitrogen and oxygen atoms in total. The van der Waals surface area contributed by atoms with E-state index >= 15 is 0 Å². The number of rotatable bonds is 2. The monoisotopic (exact) mass is 248 g/mol. The Hall–Kier alpha value is -1.88. The van der Waals surface area contributed by atoms with Gasteiger partial charge < -0.3 is 15.1 Å². The first-order chi connectivity index (χ1) is 7.99. The van der Waals surface area contributed by atoms with Gasteiger partial charge in [-0.05, 0) is 31.6 Å². The zero-order valence-corrected chi connectivity index (χ0v) is 10.3. The molecule has 0 unspecified atom stereocenters. The normalized spacial score (nSPS) is 10.5. The minimum absolute atomic E-state index is 0.0990. The fraction of sp³-hybridized carbons (Fsp3) is 0.167. The highest BCUT2D eigenvalue weighted by Gasteiger charge is 2.15. The molecule has 1 heterocycles. The Morgan fingerprint density at radius 3 is 2.59 bits per heavy atom. The number of hydrogen-bond donors (Lipinski definition) is 3. The molecule has 0 saturated carbocycles. The van der Waals surface area contributed by atoms with Crippen molar-refractivity contribution < 1.29 is 9.90 Å². The third kappa shape index (κ3) is 2.14. The van der Waals surface area contributed by atoms with Crippen LogP contribution in [0.3, 0.4) is 0 Å². The number of carbonyl (C=O) groups is 1. The highest BCUT2D eigenvalue weighted by molar-refractivity contribution is 7.71. The van der Waals surface area contributed by atoms with Crippen LogP contribution >= 0.6 is 12.2 Å². The number of imidazole rings is 1. The van der Waals surface area contributed by atoms with Crippen LogP contribution in [-0.4, -0.2) is 21.0 Å². The van der Waals surface area contributed by atoms with Gasteiger partial charge in [-0.3, -0.25) is 0 Å². The molecule has 17 heavy (non-hydrogen) atoms. The molecule has 1 aromatic carbocycles. The standard InChI is InChI=1S/C12H12N2O2S/c1-6-3-4-8(7(2)5-6)9-10(11(15)16)14-12(17)13-9/h3-5H,1-2H3,(H,15,16)(H2,13,14,17). The lowest BCUT2D eigenvalue weighted by Crippen LogP contribution is -2.00. The highest BCUT2D eigenvalue weighted by atomic mass is 32.1. The molecule has 0 atom stereocenters. The lowest BCUT2D eigenvalue weighted by molar-refractivity contribution is 0.0692. The maximum absolute atomic E-state index is 11.1. The summed E-state index contributed by atoms with van der Waals surface area (Å²) in [6.07, 6.45) is 0. The van der Waals surface area contributed by atoms with Crippen LogP contribution in [0.1, 0.15) is 21.6 Å². The van der Waals surface area contributed by atoms with E-state index in [-0.39, 0.29) is 5.69 Å². The molecular weight excluding hydrogens is 236 g/mol. The van der Waals surface area contributed by atoms with E-state index in [2.05, 4.69) is 9.97 Å². The van der Waals surface area contributed by atoms with Crippen molar-refractivity contribution in [2.24, 2.45) is 0 Å².